The number of nitrogens with zero attached hydrogens (tertiary/aromatic N) is 1. The molecule has 20 heavy (non-hydrogen) atoms. The summed E-state index contributed by atoms with van der Waals surface area (Å²) in [6, 6.07) is 12.1. The Morgan fingerprint density at radius 1 is 1.20 bits per heavy atom. The minimum absolute atomic E-state index is 0.229. The number of aryl methyl sites for hydroxylation is 1. The fourth-order valence-electron chi connectivity index (χ4n) is 2.17. The molecule has 2 N–H and O–H groups in total. The van der Waals surface area contributed by atoms with Gasteiger partial charge in [0.25, 0.3) is 0 Å². The van der Waals surface area contributed by atoms with Crippen LogP contribution in [0.5, 0.6) is 5.75 Å². The highest BCUT2D eigenvalue weighted by Gasteiger charge is 2.10. The van der Waals surface area contributed by atoms with Crippen molar-refractivity contribution in [1.29, 1.82) is 0 Å². The molecule has 0 saturated carbocycles. The predicted octanol–water partition coefficient (Wildman–Crippen LogP) is 3.04. The molecule has 0 aliphatic heterocycles. The zero-order valence-electron chi connectivity index (χ0n) is 11.5. The molecule has 0 heterocycles. The molecule has 0 aliphatic rings. The minimum Gasteiger partial charge on any atom is -0.508 e. The predicted molar refractivity (Wildman–Crippen MR) is 78.4 cm³/mol. The Balaban J connectivity index is 2.26. The molecule has 0 atom stereocenters. The summed E-state index contributed by atoms with van der Waals surface area (Å²) < 4.78 is 0. The molecule has 0 fully saturated rings. The number of carboxylic acids is 1. The van der Waals surface area contributed by atoms with E-state index in [4.69, 9.17) is 5.11 Å². The van der Waals surface area contributed by atoms with Gasteiger partial charge in [-0.15, -0.1) is 0 Å². The Morgan fingerprint density at radius 3 is 2.60 bits per heavy atom. The Bertz CT molecular complexity index is 637. The summed E-state index contributed by atoms with van der Waals surface area (Å²) in [7, 11) is 1.90. The van der Waals surface area contributed by atoms with Gasteiger partial charge in [0.2, 0.25) is 0 Å². The SMILES string of the molecule is Cc1ccc(C(=O)O)cc1N(C)Cc1cccc(O)c1. The number of hydrogen-bond acceptors (Lipinski definition) is 3. The molecule has 0 unspecified atom stereocenters. The van der Waals surface area contributed by atoms with E-state index in [1.165, 1.54) is 0 Å². The molecule has 0 bridgehead atoms. The van der Waals surface area contributed by atoms with Crippen LogP contribution in [0.2, 0.25) is 0 Å². The van der Waals surface area contributed by atoms with E-state index in [0.717, 1.165) is 16.8 Å². The smallest absolute Gasteiger partial charge is 0.335 e. The van der Waals surface area contributed by atoms with E-state index in [9.17, 15) is 9.90 Å². The van der Waals surface area contributed by atoms with Gasteiger partial charge < -0.3 is 15.1 Å². The van der Waals surface area contributed by atoms with Crippen molar-refractivity contribution < 1.29 is 15.0 Å². The Morgan fingerprint density at radius 2 is 1.95 bits per heavy atom. The van der Waals surface area contributed by atoms with Crippen LogP contribution in [-0.4, -0.2) is 23.2 Å². The maximum absolute atomic E-state index is 11.0. The van der Waals surface area contributed by atoms with E-state index < -0.39 is 5.97 Å². The number of hydrogen-bond donors (Lipinski definition) is 2. The second-order valence-corrected chi connectivity index (χ2v) is 4.83. The number of benzene rings is 2. The van der Waals surface area contributed by atoms with Crippen LogP contribution in [-0.2, 0) is 6.54 Å². The summed E-state index contributed by atoms with van der Waals surface area (Å²) in [6.07, 6.45) is 0. The standard InChI is InChI=1S/C16H17NO3/c1-11-6-7-13(16(19)20)9-15(11)17(2)10-12-4-3-5-14(18)8-12/h3-9,18H,10H2,1-2H3,(H,19,20). The summed E-state index contributed by atoms with van der Waals surface area (Å²) in [5.41, 5.74) is 3.12. The summed E-state index contributed by atoms with van der Waals surface area (Å²) in [4.78, 5) is 13.0. The van der Waals surface area contributed by atoms with Crippen LogP contribution in [0.15, 0.2) is 42.5 Å². The zero-order chi connectivity index (χ0) is 14.7. The fraction of sp³-hybridized carbons (Fsp3) is 0.188. The molecular weight excluding hydrogens is 254 g/mol. The van der Waals surface area contributed by atoms with Crippen LogP contribution in [0.1, 0.15) is 21.5 Å². The van der Waals surface area contributed by atoms with Crippen molar-refractivity contribution in [2.24, 2.45) is 0 Å². The molecule has 0 radical (unpaired) electrons. The first-order valence-electron chi connectivity index (χ1n) is 6.30. The lowest BCUT2D eigenvalue weighted by Gasteiger charge is -2.22. The van der Waals surface area contributed by atoms with Crippen molar-refractivity contribution in [3.63, 3.8) is 0 Å². The van der Waals surface area contributed by atoms with Crippen molar-refractivity contribution in [3.05, 3.63) is 59.2 Å². The normalized spacial score (nSPS) is 10.3. The molecule has 4 nitrogen and oxygen atoms in total. The second kappa shape index (κ2) is 5.65. The van der Waals surface area contributed by atoms with Gasteiger partial charge in [0, 0.05) is 19.3 Å². The summed E-state index contributed by atoms with van der Waals surface area (Å²) >= 11 is 0. The Labute approximate surface area is 117 Å². The van der Waals surface area contributed by atoms with E-state index in [1.54, 1.807) is 36.4 Å². The third-order valence-corrected chi connectivity index (χ3v) is 3.20. The molecule has 2 rings (SSSR count). The van der Waals surface area contributed by atoms with E-state index in [1.807, 2.05) is 24.9 Å². The van der Waals surface area contributed by atoms with E-state index in [0.29, 0.717) is 6.54 Å². The van der Waals surface area contributed by atoms with E-state index in [-0.39, 0.29) is 11.3 Å². The lowest BCUT2D eigenvalue weighted by molar-refractivity contribution is 0.0697. The fourth-order valence-corrected chi connectivity index (χ4v) is 2.17. The highest BCUT2D eigenvalue weighted by molar-refractivity contribution is 5.89. The number of rotatable bonds is 4. The first-order chi connectivity index (χ1) is 9.47. The van der Waals surface area contributed by atoms with Crippen molar-refractivity contribution in [2.75, 3.05) is 11.9 Å². The molecule has 0 saturated heterocycles. The van der Waals surface area contributed by atoms with Gasteiger partial charge in [0.05, 0.1) is 5.56 Å². The summed E-state index contributed by atoms with van der Waals surface area (Å²) in [5.74, 6) is -0.705. The van der Waals surface area contributed by atoms with Crippen molar-refractivity contribution in [1.82, 2.24) is 0 Å². The average molecular weight is 271 g/mol. The summed E-state index contributed by atoms with van der Waals surface area (Å²) in [5, 5.41) is 18.5. The van der Waals surface area contributed by atoms with Crippen molar-refractivity contribution in [2.45, 2.75) is 13.5 Å². The third-order valence-electron chi connectivity index (χ3n) is 3.20. The number of anilines is 1. The average Bonchev–Trinajstić information content (AvgIpc) is 2.38. The number of carboxylic acid groups (broad SMARTS) is 1. The molecule has 2 aromatic carbocycles. The van der Waals surface area contributed by atoms with Gasteiger partial charge in [0.15, 0.2) is 0 Å². The zero-order valence-corrected chi connectivity index (χ0v) is 11.5. The molecule has 0 aliphatic carbocycles. The number of aromatic carboxylic acids is 1. The highest BCUT2D eigenvalue weighted by atomic mass is 16.4. The van der Waals surface area contributed by atoms with Crippen LogP contribution in [0.25, 0.3) is 0 Å². The molecule has 0 spiro atoms. The maximum atomic E-state index is 11.0. The molecular formula is C16H17NO3. The highest BCUT2D eigenvalue weighted by Crippen LogP contribution is 2.23. The third kappa shape index (κ3) is 3.09. The minimum atomic E-state index is -0.933. The largest absolute Gasteiger partial charge is 0.508 e. The van der Waals surface area contributed by atoms with Gasteiger partial charge in [-0.1, -0.05) is 18.2 Å². The van der Waals surface area contributed by atoms with Gasteiger partial charge in [-0.05, 0) is 42.3 Å². The molecule has 4 heteroatoms. The van der Waals surface area contributed by atoms with Crippen molar-refractivity contribution in [3.8, 4) is 5.75 Å². The maximum Gasteiger partial charge on any atom is 0.335 e. The number of aromatic hydroxyl groups is 1. The lowest BCUT2D eigenvalue weighted by atomic mass is 10.1. The van der Waals surface area contributed by atoms with Gasteiger partial charge >= 0.3 is 5.97 Å². The second-order valence-electron chi connectivity index (χ2n) is 4.83. The molecule has 0 aromatic heterocycles. The first kappa shape index (κ1) is 13.9. The van der Waals surface area contributed by atoms with Gasteiger partial charge in [-0.25, -0.2) is 4.79 Å². The van der Waals surface area contributed by atoms with Crippen LogP contribution in [0, 0.1) is 6.92 Å². The number of phenolic OH excluding ortho intramolecular Hbond substituents is 1. The van der Waals surface area contributed by atoms with Crippen LogP contribution in [0.3, 0.4) is 0 Å². The molecule has 2 aromatic rings. The lowest BCUT2D eigenvalue weighted by Crippen LogP contribution is -2.18. The topological polar surface area (TPSA) is 60.8 Å². The van der Waals surface area contributed by atoms with Gasteiger partial charge in [0.1, 0.15) is 5.75 Å². The van der Waals surface area contributed by atoms with E-state index in [2.05, 4.69) is 0 Å². The first-order valence-corrected chi connectivity index (χ1v) is 6.30. The van der Waals surface area contributed by atoms with Crippen LogP contribution in [0.4, 0.5) is 5.69 Å². The molecule has 104 valence electrons. The number of phenols is 1. The quantitative estimate of drug-likeness (QED) is 0.897. The van der Waals surface area contributed by atoms with Crippen LogP contribution < -0.4 is 4.90 Å². The summed E-state index contributed by atoms with van der Waals surface area (Å²) in [6.45, 7) is 2.54. The van der Waals surface area contributed by atoms with Crippen molar-refractivity contribution >= 4 is 11.7 Å². The van der Waals surface area contributed by atoms with Crippen LogP contribution >= 0.6 is 0 Å². The van der Waals surface area contributed by atoms with E-state index >= 15 is 0 Å². The van der Waals surface area contributed by atoms with Gasteiger partial charge in [-0.3, -0.25) is 0 Å². The monoisotopic (exact) mass is 271 g/mol. The number of carbonyl (C=O) groups is 1. The Hall–Kier alpha value is -2.49. The van der Waals surface area contributed by atoms with Gasteiger partial charge in [-0.2, -0.15) is 0 Å². The Kier molecular flexibility index (Phi) is 3.94. The molecule has 0 amide bonds.